The normalized spacial score (nSPS) is 11.4. The zero-order valence-corrected chi connectivity index (χ0v) is 10.3. The summed E-state index contributed by atoms with van der Waals surface area (Å²) in [4.78, 5) is 22.1. The van der Waals surface area contributed by atoms with Gasteiger partial charge in [0.2, 0.25) is 0 Å². The summed E-state index contributed by atoms with van der Waals surface area (Å²) in [6, 6.07) is 0. The van der Waals surface area contributed by atoms with Gasteiger partial charge in [-0.25, -0.2) is 5.01 Å². The molecule has 0 saturated heterocycles. The summed E-state index contributed by atoms with van der Waals surface area (Å²) in [6.45, 7) is 5.59. The van der Waals surface area contributed by atoms with Gasteiger partial charge in [0.15, 0.2) is 0 Å². The molecule has 0 aromatic rings. The SMILES string of the molecule is COC(=O)CN(N)CCC(=O)OC(C)(C)C. The number of hydrazine groups is 1. The summed E-state index contributed by atoms with van der Waals surface area (Å²) >= 11 is 0. The standard InChI is InChI=1S/C10H20N2O4/c1-10(2,3)16-8(13)5-6-12(11)7-9(14)15-4/h5-7,11H2,1-4H3. The van der Waals surface area contributed by atoms with Gasteiger partial charge in [-0.1, -0.05) is 0 Å². The van der Waals surface area contributed by atoms with Crippen molar-refractivity contribution in [3.05, 3.63) is 0 Å². The van der Waals surface area contributed by atoms with Gasteiger partial charge in [-0.05, 0) is 20.8 Å². The number of hydrogen-bond donors (Lipinski definition) is 1. The molecule has 94 valence electrons. The van der Waals surface area contributed by atoms with Crippen LogP contribution in [-0.4, -0.2) is 42.7 Å². The van der Waals surface area contributed by atoms with Gasteiger partial charge in [-0.15, -0.1) is 0 Å². The first-order chi connectivity index (χ1) is 7.24. The van der Waals surface area contributed by atoms with Gasteiger partial charge in [-0.2, -0.15) is 0 Å². The monoisotopic (exact) mass is 232 g/mol. The van der Waals surface area contributed by atoms with Crippen molar-refractivity contribution in [3.63, 3.8) is 0 Å². The van der Waals surface area contributed by atoms with E-state index >= 15 is 0 Å². The second-order valence-corrected chi connectivity index (χ2v) is 4.38. The Balaban J connectivity index is 3.79. The van der Waals surface area contributed by atoms with Gasteiger partial charge in [0, 0.05) is 6.54 Å². The molecule has 16 heavy (non-hydrogen) atoms. The van der Waals surface area contributed by atoms with E-state index in [2.05, 4.69) is 4.74 Å². The van der Waals surface area contributed by atoms with Crippen LogP contribution >= 0.6 is 0 Å². The summed E-state index contributed by atoms with van der Waals surface area (Å²) in [5.41, 5.74) is -0.501. The van der Waals surface area contributed by atoms with Crippen LogP contribution in [0.5, 0.6) is 0 Å². The number of nitrogens with zero attached hydrogens (tertiary/aromatic N) is 1. The Morgan fingerprint density at radius 2 is 1.81 bits per heavy atom. The highest BCUT2D eigenvalue weighted by Gasteiger charge is 2.17. The Kier molecular flexibility index (Phi) is 5.98. The van der Waals surface area contributed by atoms with E-state index in [1.807, 2.05) is 0 Å². The van der Waals surface area contributed by atoms with Crippen LogP contribution in [0.2, 0.25) is 0 Å². The lowest BCUT2D eigenvalue weighted by molar-refractivity contribution is -0.155. The van der Waals surface area contributed by atoms with Crippen molar-refractivity contribution >= 4 is 11.9 Å². The van der Waals surface area contributed by atoms with Gasteiger partial charge in [0.05, 0.1) is 13.5 Å². The fourth-order valence-corrected chi connectivity index (χ4v) is 0.937. The molecule has 0 aliphatic rings. The van der Waals surface area contributed by atoms with Crippen LogP contribution in [0.3, 0.4) is 0 Å². The molecule has 0 radical (unpaired) electrons. The minimum Gasteiger partial charge on any atom is -0.468 e. The number of carbonyl (C=O) groups excluding carboxylic acids is 2. The predicted molar refractivity (Wildman–Crippen MR) is 58.2 cm³/mol. The second kappa shape index (κ2) is 6.44. The van der Waals surface area contributed by atoms with E-state index in [0.717, 1.165) is 0 Å². The molecule has 0 unspecified atom stereocenters. The van der Waals surface area contributed by atoms with E-state index in [4.69, 9.17) is 10.6 Å². The van der Waals surface area contributed by atoms with Crippen LogP contribution in [0.1, 0.15) is 27.2 Å². The summed E-state index contributed by atoms with van der Waals surface area (Å²) in [5.74, 6) is 4.71. The predicted octanol–water partition coefficient (Wildman–Crippen LogP) is 0.0669. The number of methoxy groups -OCH3 is 1. The van der Waals surface area contributed by atoms with Crippen LogP contribution in [0.4, 0.5) is 0 Å². The Morgan fingerprint density at radius 3 is 2.25 bits per heavy atom. The minimum atomic E-state index is -0.501. The molecular formula is C10H20N2O4. The lowest BCUT2D eigenvalue weighted by Gasteiger charge is -2.20. The van der Waals surface area contributed by atoms with Gasteiger partial charge in [0.25, 0.3) is 0 Å². The number of rotatable bonds is 5. The summed E-state index contributed by atoms with van der Waals surface area (Å²) < 4.78 is 9.51. The van der Waals surface area contributed by atoms with Gasteiger partial charge in [-0.3, -0.25) is 15.4 Å². The van der Waals surface area contributed by atoms with Crippen molar-refractivity contribution in [2.75, 3.05) is 20.2 Å². The molecule has 0 amide bonds. The summed E-state index contributed by atoms with van der Waals surface area (Å²) in [5, 5.41) is 1.22. The first-order valence-corrected chi connectivity index (χ1v) is 5.03. The van der Waals surface area contributed by atoms with Crippen LogP contribution in [0.15, 0.2) is 0 Å². The van der Waals surface area contributed by atoms with Gasteiger partial charge < -0.3 is 9.47 Å². The smallest absolute Gasteiger partial charge is 0.321 e. The number of carbonyl (C=O) groups is 2. The highest BCUT2D eigenvalue weighted by molar-refractivity contribution is 5.72. The quantitative estimate of drug-likeness (QED) is 0.410. The molecule has 0 fully saturated rings. The maximum Gasteiger partial charge on any atom is 0.321 e. The van der Waals surface area contributed by atoms with Crippen LogP contribution in [0.25, 0.3) is 0 Å². The number of nitrogens with two attached hydrogens (primary N) is 1. The Bertz CT molecular complexity index is 248. The molecule has 0 heterocycles. The van der Waals surface area contributed by atoms with E-state index in [0.29, 0.717) is 0 Å². The third kappa shape index (κ3) is 8.19. The van der Waals surface area contributed by atoms with Crippen LogP contribution in [-0.2, 0) is 19.1 Å². The molecule has 6 heteroatoms. The van der Waals surface area contributed by atoms with Crippen molar-refractivity contribution < 1.29 is 19.1 Å². The maximum atomic E-state index is 11.3. The molecular weight excluding hydrogens is 212 g/mol. The third-order valence-corrected chi connectivity index (χ3v) is 1.58. The highest BCUT2D eigenvalue weighted by atomic mass is 16.6. The van der Waals surface area contributed by atoms with E-state index in [9.17, 15) is 9.59 Å². The molecule has 0 aromatic heterocycles. The highest BCUT2D eigenvalue weighted by Crippen LogP contribution is 2.08. The second-order valence-electron chi connectivity index (χ2n) is 4.38. The summed E-state index contributed by atoms with van der Waals surface area (Å²) in [6.07, 6.45) is 0.144. The van der Waals surface area contributed by atoms with Crippen molar-refractivity contribution in [1.82, 2.24) is 5.01 Å². The first kappa shape index (κ1) is 14.9. The Morgan fingerprint density at radius 1 is 1.25 bits per heavy atom. The van der Waals surface area contributed by atoms with E-state index in [1.54, 1.807) is 20.8 Å². The largest absolute Gasteiger partial charge is 0.468 e. The molecule has 0 bridgehead atoms. The van der Waals surface area contributed by atoms with Gasteiger partial charge in [0.1, 0.15) is 12.1 Å². The number of esters is 2. The molecule has 0 aliphatic heterocycles. The van der Waals surface area contributed by atoms with Crippen LogP contribution in [0, 0.1) is 0 Å². The number of hydrogen-bond acceptors (Lipinski definition) is 6. The van der Waals surface area contributed by atoms with Crippen molar-refractivity contribution in [3.8, 4) is 0 Å². The first-order valence-electron chi connectivity index (χ1n) is 5.03. The van der Waals surface area contributed by atoms with Gasteiger partial charge >= 0.3 is 11.9 Å². The average molecular weight is 232 g/mol. The zero-order chi connectivity index (χ0) is 12.8. The van der Waals surface area contributed by atoms with Crippen molar-refractivity contribution in [2.24, 2.45) is 5.84 Å². The molecule has 0 spiro atoms. The maximum absolute atomic E-state index is 11.3. The molecule has 2 N–H and O–H groups in total. The lowest BCUT2D eigenvalue weighted by Crippen LogP contribution is -2.38. The van der Waals surface area contributed by atoms with Crippen molar-refractivity contribution in [1.29, 1.82) is 0 Å². The molecule has 0 aliphatic carbocycles. The van der Waals surface area contributed by atoms with Crippen molar-refractivity contribution in [2.45, 2.75) is 32.8 Å². The fourth-order valence-electron chi connectivity index (χ4n) is 0.937. The van der Waals surface area contributed by atoms with E-state index in [-0.39, 0.29) is 25.5 Å². The summed E-state index contributed by atoms with van der Waals surface area (Å²) in [7, 11) is 1.28. The Labute approximate surface area is 95.6 Å². The Hall–Kier alpha value is -1.14. The molecule has 0 saturated carbocycles. The minimum absolute atomic E-state index is 0.0424. The molecule has 0 rings (SSSR count). The zero-order valence-electron chi connectivity index (χ0n) is 10.3. The number of ether oxygens (including phenoxy) is 2. The molecule has 6 nitrogen and oxygen atoms in total. The van der Waals surface area contributed by atoms with E-state index < -0.39 is 11.6 Å². The lowest BCUT2D eigenvalue weighted by atomic mass is 10.2. The fraction of sp³-hybridized carbons (Fsp3) is 0.800. The molecule has 0 atom stereocenters. The van der Waals surface area contributed by atoms with Crippen LogP contribution < -0.4 is 5.84 Å². The topological polar surface area (TPSA) is 81.9 Å². The third-order valence-electron chi connectivity index (χ3n) is 1.58. The van der Waals surface area contributed by atoms with E-state index in [1.165, 1.54) is 12.1 Å². The molecule has 0 aromatic carbocycles. The average Bonchev–Trinajstić information content (AvgIpc) is 2.12.